The third kappa shape index (κ3) is 4.42. The molecule has 10 heteroatoms. The summed E-state index contributed by atoms with van der Waals surface area (Å²) in [5, 5.41) is 9.61. The summed E-state index contributed by atoms with van der Waals surface area (Å²) >= 11 is 5.84. The monoisotopic (exact) mass is 452 g/mol. The molecule has 1 unspecified atom stereocenters. The number of anilines is 1. The lowest BCUT2D eigenvalue weighted by atomic mass is 10.0. The molecular formula is C20H15ClF2N2O4S. The van der Waals surface area contributed by atoms with E-state index >= 15 is 0 Å². The largest absolute Gasteiger partial charge is 0.465 e. The Kier molecular flexibility index (Phi) is 6.04. The summed E-state index contributed by atoms with van der Waals surface area (Å²) in [6.07, 6.45) is -0.159. The second-order valence-corrected chi connectivity index (χ2v) is 8.87. The van der Waals surface area contributed by atoms with Crippen LogP contribution in [-0.4, -0.2) is 24.6 Å². The molecular weight excluding hydrogens is 438 g/mol. The molecule has 3 rings (SSSR count). The van der Waals surface area contributed by atoms with Crippen molar-refractivity contribution in [2.24, 2.45) is 0 Å². The Morgan fingerprint density at radius 2 is 1.77 bits per heavy atom. The lowest BCUT2D eigenvalue weighted by Gasteiger charge is -2.22. The molecule has 156 valence electrons. The molecule has 0 aliphatic heterocycles. The van der Waals surface area contributed by atoms with Gasteiger partial charge in [-0.25, -0.2) is 27.0 Å². The van der Waals surface area contributed by atoms with Crippen LogP contribution in [0.2, 0.25) is 5.02 Å². The first-order valence-corrected chi connectivity index (χ1v) is 10.4. The number of benzene rings is 2. The molecule has 0 aliphatic rings. The second-order valence-electron chi connectivity index (χ2n) is 6.40. The first-order chi connectivity index (χ1) is 14.1. The lowest BCUT2D eigenvalue weighted by molar-refractivity contribution is 0.209. The van der Waals surface area contributed by atoms with Crippen LogP contribution < -0.4 is 5.32 Å². The highest BCUT2D eigenvalue weighted by molar-refractivity contribution is 7.92. The fourth-order valence-electron chi connectivity index (χ4n) is 2.98. The summed E-state index contributed by atoms with van der Waals surface area (Å²) in [5.74, 6) is -1.91. The zero-order chi connectivity index (χ0) is 22.1. The number of hydrogen-bond acceptors (Lipinski definition) is 4. The topological polar surface area (TPSA) is 96.4 Å². The summed E-state index contributed by atoms with van der Waals surface area (Å²) in [5.41, 5.74) is -0.0223. The van der Waals surface area contributed by atoms with Gasteiger partial charge in [-0.05, 0) is 66.6 Å². The van der Waals surface area contributed by atoms with E-state index < -0.39 is 38.4 Å². The van der Waals surface area contributed by atoms with Crippen LogP contribution in [0.15, 0.2) is 59.6 Å². The van der Waals surface area contributed by atoms with Gasteiger partial charge in [0.1, 0.15) is 22.7 Å². The Hall–Kier alpha value is -3.04. The van der Waals surface area contributed by atoms with Crippen molar-refractivity contribution >= 4 is 33.3 Å². The standard InChI is InChI=1S/C20H15ClF2N2O4S/c1-11-10-24-18(25-20(26)27)9-15(11)19(16-8-13(22)4-7-17(16)23)30(28,29)14-5-2-12(21)3-6-14/h2-10,19H,1H3,(H,24,25)(H,26,27). The summed E-state index contributed by atoms with van der Waals surface area (Å²) < 4.78 is 55.6. The van der Waals surface area contributed by atoms with E-state index in [1.165, 1.54) is 43.5 Å². The van der Waals surface area contributed by atoms with Crippen molar-refractivity contribution in [3.05, 3.63) is 88.1 Å². The Balaban J connectivity index is 2.30. The molecule has 0 saturated carbocycles. The van der Waals surface area contributed by atoms with Crippen LogP contribution >= 0.6 is 11.6 Å². The number of hydrogen-bond donors (Lipinski definition) is 2. The van der Waals surface area contributed by atoms with Gasteiger partial charge in [0.05, 0.1) is 4.90 Å². The van der Waals surface area contributed by atoms with Gasteiger partial charge in [-0.1, -0.05) is 11.6 Å². The van der Waals surface area contributed by atoms with Gasteiger partial charge in [0.2, 0.25) is 0 Å². The Labute approximate surface area is 176 Å². The Morgan fingerprint density at radius 3 is 2.40 bits per heavy atom. The molecule has 30 heavy (non-hydrogen) atoms. The molecule has 0 aliphatic carbocycles. The number of rotatable bonds is 5. The highest BCUT2D eigenvalue weighted by Gasteiger charge is 2.34. The normalized spacial score (nSPS) is 12.4. The van der Waals surface area contributed by atoms with Gasteiger partial charge in [-0.3, -0.25) is 5.32 Å². The van der Waals surface area contributed by atoms with Crippen molar-refractivity contribution in [2.75, 3.05) is 5.32 Å². The Bertz CT molecular complexity index is 1220. The molecule has 2 N–H and O–H groups in total. The molecule has 0 bridgehead atoms. The van der Waals surface area contributed by atoms with E-state index in [2.05, 4.69) is 4.98 Å². The van der Waals surface area contributed by atoms with E-state index in [-0.39, 0.29) is 16.3 Å². The number of carbonyl (C=O) groups is 1. The molecule has 1 aromatic heterocycles. The summed E-state index contributed by atoms with van der Waals surface area (Å²) in [6.45, 7) is 1.54. The average molecular weight is 453 g/mol. The van der Waals surface area contributed by atoms with Crippen molar-refractivity contribution in [3.63, 3.8) is 0 Å². The highest BCUT2D eigenvalue weighted by Crippen LogP contribution is 2.39. The number of carboxylic acid groups (broad SMARTS) is 1. The molecule has 3 aromatic rings. The first-order valence-electron chi connectivity index (χ1n) is 8.50. The molecule has 0 spiro atoms. The molecule has 1 atom stereocenters. The quantitative estimate of drug-likeness (QED) is 0.569. The number of sulfone groups is 1. The first kappa shape index (κ1) is 21.7. The third-order valence-corrected chi connectivity index (χ3v) is 6.66. The number of amides is 1. The molecule has 2 aromatic carbocycles. The maximum absolute atomic E-state index is 14.7. The number of aromatic nitrogens is 1. The van der Waals surface area contributed by atoms with Crippen LogP contribution in [0.1, 0.15) is 21.9 Å². The number of halogens is 3. The van der Waals surface area contributed by atoms with E-state index in [1.54, 1.807) is 0 Å². The van der Waals surface area contributed by atoms with Crippen molar-refractivity contribution < 1.29 is 27.1 Å². The van der Waals surface area contributed by atoms with Gasteiger partial charge in [-0.2, -0.15) is 0 Å². The zero-order valence-corrected chi connectivity index (χ0v) is 17.0. The summed E-state index contributed by atoms with van der Waals surface area (Å²) in [4.78, 5) is 14.7. The average Bonchev–Trinajstić information content (AvgIpc) is 2.67. The van der Waals surface area contributed by atoms with Crippen LogP contribution in [-0.2, 0) is 9.84 Å². The van der Waals surface area contributed by atoms with Gasteiger partial charge < -0.3 is 5.11 Å². The van der Waals surface area contributed by atoms with Crippen molar-refractivity contribution in [3.8, 4) is 0 Å². The van der Waals surface area contributed by atoms with Crippen molar-refractivity contribution in [1.29, 1.82) is 0 Å². The van der Waals surface area contributed by atoms with Gasteiger partial charge >= 0.3 is 6.09 Å². The summed E-state index contributed by atoms with van der Waals surface area (Å²) in [6, 6.07) is 8.95. The van der Waals surface area contributed by atoms with E-state index in [0.29, 0.717) is 10.6 Å². The maximum Gasteiger partial charge on any atom is 0.410 e. The SMILES string of the molecule is Cc1cnc(NC(=O)O)cc1C(c1cc(F)ccc1F)S(=O)(=O)c1ccc(Cl)cc1. The summed E-state index contributed by atoms with van der Waals surface area (Å²) in [7, 11) is -4.30. The minimum atomic E-state index is -4.30. The second kappa shape index (κ2) is 8.37. The predicted molar refractivity (Wildman–Crippen MR) is 107 cm³/mol. The van der Waals surface area contributed by atoms with E-state index in [9.17, 15) is 22.0 Å². The maximum atomic E-state index is 14.7. The highest BCUT2D eigenvalue weighted by atomic mass is 35.5. The molecule has 1 heterocycles. The van der Waals surface area contributed by atoms with Gasteiger partial charge in [-0.15, -0.1) is 0 Å². The van der Waals surface area contributed by atoms with Gasteiger partial charge in [0, 0.05) is 16.8 Å². The van der Waals surface area contributed by atoms with Crippen LogP contribution in [0.4, 0.5) is 19.4 Å². The third-order valence-electron chi connectivity index (χ3n) is 4.36. The van der Waals surface area contributed by atoms with E-state index in [1.807, 2.05) is 5.32 Å². The minimum absolute atomic E-state index is 0.0493. The zero-order valence-electron chi connectivity index (χ0n) is 15.4. The lowest BCUT2D eigenvalue weighted by Crippen LogP contribution is -2.19. The van der Waals surface area contributed by atoms with Gasteiger partial charge in [0.15, 0.2) is 9.84 Å². The van der Waals surface area contributed by atoms with Crippen LogP contribution in [0.5, 0.6) is 0 Å². The van der Waals surface area contributed by atoms with Crippen LogP contribution in [0.3, 0.4) is 0 Å². The number of nitrogens with zero attached hydrogens (tertiary/aromatic N) is 1. The predicted octanol–water partition coefficient (Wildman–Crippen LogP) is 4.97. The van der Waals surface area contributed by atoms with Crippen molar-refractivity contribution in [1.82, 2.24) is 4.98 Å². The molecule has 0 radical (unpaired) electrons. The van der Waals surface area contributed by atoms with E-state index in [0.717, 1.165) is 18.2 Å². The van der Waals surface area contributed by atoms with Crippen molar-refractivity contribution in [2.45, 2.75) is 17.1 Å². The van der Waals surface area contributed by atoms with Gasteiger partial charge in [0.25, 0.3) is 0 Å². The number of pyridine rings is 1. The van der Waals surface area contributed by atoms with E-state index in [4.69, 9.17) is 16.7 Å². The Morgan fingerprint density at radius 1 is 1.10 bits per heavy atom. The number of nitrogens with one attached hydrogen (secondary N) is 1. The molecule has 6 nitrogen and oxygen atoms in total. The molecule has 1 amide bonds. The van der Waals surface area contributed by atoms with Crippen LogP contribution in [0, 0.1) is 18.6 Å². The minimum Gasteiger partial charge on any atom is -0.465 e. The number of aryl methyl sites for hydroxylation is 1. The molecule has 0 saturated heterocycles. The fraction of sp³-hybridized carbons (Fsp3) is 0.100. The fourth-order valence-corrected chi connectivity index (χ4v) is 4.99. The smallest absolute Gasteiger partial charge is 0.410 e. The molecule has 0 fully saturated rings. The van der Waals surface area contributed by atoms with Crippen LogP contribution in [0.25, 0.3) is 0 Å².